The lowest BCUT2D eigenvalue weighted by atomic mass is 9.99. The van der Waals surface area contributed by atoms with E-state index in [0.717, 1.165) is 30.4 Å². The molecule has 4 nitrogen and oxygen atoms in total. The fourth-order valence-electron chi connectivity index (χ4n) is 3.32. The highest BCUT2D eigenvalue weighted by atomic mass is 19.1. The zero-order valence-electron chi connectivity index (χ0n) is 16.0. The summed E-state index contributed by atoms with van der Waals surface area (Å²) in [7, 11) is 3.77. The fraction of sp³-hybridized carbons (Fsp3) is 0.650. The quantitative estimate of drug-likeness (QED) is 0.466. The molecule has 1 fully saturated rings. The number of hydrogen-bond donors (Lipinski definition) is 1. The molecule has 0 aliphatic carbocycles. The third-order valence-electron chi connectivity index (χ3n) is 4.94. The van der Waals surface area contributed by atoms with Crippen molar-refractivity contribution >= 4 is 5.96 Å². The van der Waals surface area contributed by atoms with E-state index in [4.69, 9.17) is 0 Å². The fourth-order valence-corrected chi connectivity index (χ4v) is 3.32. The number of aliphatic imine (C=N–C) groups is 1. The summed E-state index contributed by atoms with van der Waals surface area (Å²) < 4.78 is 13.3. The minimum Gasteiger partial charge on any atom is -0.356 e. The molecule has 5 heteroatoms. The van der Waals surface area contributed by atoms with Gasteiger partial charge >= 0.3 is 0 Å². The minimum atomic E-state index is -0.194. The van der Waals surface area contributed by atoms with Crippen molar-refractivity contribution in [1.82, 2.24) is 15.1 Å². The van der Waals surface area contributed by atoms with Crippen LogP contribution in [0.25, 0.3) is 0 Å². The van der Waals surface area contributed by atoms with Crippen molar-refractivity contribution in [3.05, 3.63) is 35.6 Å². The molecule has 1 N–H and O–H groups in total. The third kappa shape index (κ3) is 7.02. The largest absolute Gasteiger partial charge is 0.356 e. The molecule has 0 spiro atoms. The number of rotatable bonds is 7. The number of benzene rings is 1. The van der Waals surface area contributed by atoms with Crippen molar-refractivity contribution in [1.29, 1.82) is 0 Å². The SMILES string of the molecule is CN=C(NCCCCN1CCC(C)CC1)N(C)Cc1cccc(F)c1. The number of likely N-dealkylation sites (tertiary alicyclic amines) is 1. The lowest BCUT2D eigenvalue weighted by Crippen LogP contribution is -2.39. The van der Waals surface area contributed by atoms with Crippen molar-refractivity contribution in [3.8, 4) is 0 Å². The van der Waals surface area contributed by atoms with E-state index in [-0.39, 0.29) is 5.82 Å². The van der Waals surface area contributed by atoms with Crippen LogP contribution in [0.15, 0.2) is 29.3 Å². The van der Waals surface area contributed by atoms with Gasteiger partial charge in [0.05, 0.1) is 0 Å². The molecule has 1 saturated heterocycles. The summed E-state index contributed by atoms with van der Waals surface area (Å²) in [5.74, 6) is 1.56. The monoisotopic (exact) mass is 348 g/mol. The number of nitrogens with zero attached hydrogens (tertiary/aromatic N) is 3. The smallest absolute Gasteiger partial charge is 0.193 e. The first-order valence-corrected chi connectivity index (χ1v) is 9.47. The molecular weight excluding hydrogens is 315 g/mol. The van der Waals surface area contributed by atoms with Crippen LogP contribution in [0.3, 0.4) is 0 Å². The molecule has 1 aliphatic rings. The summed E-state index contributed by atoms with van der Waals surface area (Å²) in [4.78, 5) is 8.95. The molecule has 0 aromatic heterocycles. The van der Waals surface area contributed by atoms with Crippen LogP contribution in [-0.4, -0.2) is 56.0 Å². The maximum Gasteiger partial charge on any atom is 0.193 e. The Morgan fingerprint density at radius 3 is 2.76 bits per heavy atom. The van der Waals surface area contributed by atoms with E-state index in [1.165, 1.54) is 45.0 Å². The summed E-state index contributed by atoms with van der Waals surface area (Å²) in [6, 6.07) is 6.73. The Bertz CT molecular complexity index is 538. The van der Waals surface area contributed by atoms with Gasteiger partial charge < -0.3 is 15.1 Å². The molecule has 140 valence electrons. The van der Waals surface area contributed by atoms with Crippen LogP contribution in [-0.2, 0) is 6.54 Å². The van der Waals surface area contributed by atoms with Gasteiger partial charge in [-0.3, -0.25) is 4.99 Å². The summed E-state index contributed by atoms with van der Waals surface area (Å²) in [6.07, 6.45) is 5.04. The maximum absolute atomic E-state index is 13.3. The van der Waals surface area contributed by atoms with Gasteiger partial charge in [0, 0.05) is 27.2 Å². The average molecular weight is 349 g/mol. The normalized spacial score (nSPS) is 16.9. The second kappa shape index (κ2) is 10.4. The third-order valence-corrected chi connectivity index (χ3v) is 4.94. The number of nitrogens with one attached hydrogen (secondary N) is 1. The van der Waals surface area contributed by atoms with Crippen LogP contribution in [0.1, 0.15) is 38.2 Å². The van der Waals surface area contributed by atoms with Gasteiger partial charge in [0.25, 0.3) is 0 Å². The summed E-state index contributed by atoms with van der Waals surface area (Å²) in [6.45, 7) is 7.63. The van der Waals surface area contributed by atoms with Gasteiger partial charge in [0.1, 0.15) is 5.82 Å². The number of halogens is 1. The molecule has 1 heterocycles. The Morgan fingerprint density at radius 2 is 2.08 bits per heavy atom. The predicted molar refractivity (Wildman–Crippen MR) is 103 cm³/mol. The number of unbranched alkanes of at least 4 members (excludes halogenated alkanes) is 1. The zero-order valence-corrected chi connectivity index (χ0v) is 16.0. The highest BCUT2D eigenvalue weighted by Crippen LogP contribution is 2.16. The number of guanidine groups is 1. The first kappa shape index (κ1) is 19.7. The van der Waals surface area contributed by atoms with Crippen LogP contribution in [0.2, 0.25) is 0 Å². The van der Waals surface area contributed by atoms with Crippen molar-refractivity contribution in [2.45, 2.75) is 39.2 Å². The van der Waals surface area contributed by atoms with Gasteiger partial charge in [-0.1, -0.05) is 19.1 Å². The molecule has 0 radical (unpaired) electrons. The van der Waals surface area contributed by atoms with Gasteiger partial charge in [0.15, 0.2) is 5.96 Å². The Labute approximate surface area is 152 Å². The van der Waals surface area contributed by atoms with Gasteiger partial charge in [-0.25, -0.2) is 4.39 Å². The van der Waals surface area contributed by atoms with E-state index in [1.54, 1.807) is 19.2 Å². The number of hydrogen-bond acceptors (Lipinski definition) is 2. The van der Waals surface area contributed by atoms with Crippen LogP contribution in [0.4, 0.5) is 4.39 Å². The highest BCUT2D eigenvalue weighted by Gasteiger charge is 2.14. The van der Waals surface area contributed by atoms with Gasteiger partial charge in [-0.2, -0.15) is 0 Å². The Balaban J connectivity index is 1.64. The summed E-state index contributed by atoms with van der Waals surface area (Å²) in [5, 5.41) is 3.41. The highest BCUT2D eigenvalue weighted by molar-refractivity contribution is 5.79. The van der Waals surface area contributed by atoms with Crippen LogP contribution in [0.5, 0.6) is 0 Å². The minimum absolute atomic E-state index is 0.194. The van der Waals surface area contributed by atoms with Crippen LogP contribution >= 0.6 is 0 Å². The molecular formula is C20H33FN4. The van der Waals surface area contributed by atoms with E-state index in [2.05, 4.69) is 22.1 Å². The molecule has 1 aromatic carbocycles. The van der Waals surface area contributed by atoms with Crippen molar-refractivity contribution in [2.24, 2.45) is 10.9 Å². The molecule has 0 bridgehead atoms. The van der Waals surface area contributed by atoms with E-state index in [0.29, 0.717) is 6.54 Å². The standard InChI is InChI=1S/C20H33FN4/c1-17-9-13-25(14-10-17)12-5-4-11-23-20(22-2)24(3)16-18-7-6-8-19(21)15-18/h6-8,15,17H,4-5,9-14,16H2,1-3H3,(H,22,23). The van der Waals surface area contributed by atoms with E-state index < -0.39 is 0 Å². The maximum atomic E-state index is 13.3. The average Bonchev–Trinajstić information content (AvgIpc) is 2.59. The molecule has 1 aromatic rings. The first-order valence-electron chi connectivity index (χ1n) is 9.47. The molecule has 1 aliphatic heterocycles. The molecule has 2 rings (SSSR count). The summed E-state index contributed by atoms with van der Waals surface area (Å²) >= 11 is 0. The predicted octanol–water partition coefficient (Wildman–Crippen LogP) is 3.35. The molecule has 0 amide bonds. The Morgan fingerprint density at radius 1 is 1.32 bits per heavy atom. The Kier molecular flexibility index (Phi) is 8.19. The Hall–Kier alpha value is -1.62. The van der Waals surface area contributed by atoms with Gasteiger partial charge in [0.2, 0.25) is 0 Å². The van der Waals surface area contributed by atoms with Crippen molar-refractivity contribution < 1.29 is 4.39 Å². The van der Waals surface area contributed by atoms with Crippen molar-refractivity contribution in [3.63, 3.8) is 0 Å². The lowest BCUT2D eigenvalue weighted by molar-refractivity contribution is 0.189. The van der Waals surface area contributed by atoms with Crippen LogP contribution in [0, 0.1) is 11.7 Å². The van der Waals surface area contributed by atoms with Gasteiger partial charge in [-0.15, -0.1) is 0 Å². The van der Waals surface area contributed by atoms with E-state index in [9.17, 15) is 4.39 Å². The van der Waals surface area contributed by atoms with Crippen molar-refractivity contribution in [2.75, 3.05) is 40.3 Å². The first-order chi connectivity index (χ1) is 12.1. The molecule has 25 heavy (non-hydrogen) atoms. The van der Waals surface area contributed by atoms with E-state index >= 15 is 0 Å². The number of piperidine rings is 1. The van der Waals surface area contributed by atoms with Gasteiger partial charge in [-0.05, 0) is 68.9 Å². The molecule has 0 unspecified atom stereocenters. The topological polar surface area (TPSA) is 30.9 Å². The zero-order chi connectivity index (χ0) is 18.1. The van der Waals surface area contributed by atoms with E-state index in [1.807, 2.05) is 18.0 Å². The second-order valence-electron chi connectivity index (χ2n) is 7.19. The van der Waals surface area contributed by atoms with Crippen LogP contribution < -0.4 is 5.32 Å². The summed E-state index contributed by atoms with van der Waals surface area (Å²) in [5.41, 5.74) is 0.949. The molecule has 0 atom stereocenters. The molecule has 0 saturated carbocycles. The lowest BCUT2D eigenvalue weighted by Gasteiger charge is -2.30. The second-order valence-corrected chi connectivity index (χ2v) is 7.19.